The summed E-state index contributed by atoms with van der Waals surface area (Å²) in [5.41, 5.74) is -0.635. The lowest BCUT2D eigenvalue weighted by Gasteiger charge is -2.13. The van der Waals surface area contributed by atoms with E-state index < -0.39 is 24.4 Å². The van der Waals surface area contributed by atoms with E-state index in [1.807, 2.05) is 0 Å². The van der Waals surface area contributed by atoms with E-state index in [1.54, 1.807) is 6.92 Å². The number of halogens is 4. The zero-order valence-electron chi connectivity index (χ0n) is 10.0. The van der Waals surface area contributed by atoms with Gasteiger partial charge in [-0.3, -0.25) is 4.79 Å². The Kier molecular flexibility index (Phi) is 5.36. The van der Waals surface area contributed by atoms with E-state index in [0.29, 0.717) is 11.1 Å². The number of rotatable bonds is 5. The molecule has 0 aliphatic carbocycles. The number of nitrogens with one attached hydrogen (secondary N) is 1. The molecular formula is C10H13BrF3N3O2. The molecule has 0 radical (unpaired) electrons. The molecule has 0 saturated carbocycles. The number of anilines is 1. The van der Waals surface area contributed by atoms with Crippen LogP contribution in [0.15, 0.2) is 15.5 Å². The fraction of sp³-hybridized carbons (Fsp3) is 0.600. The minimum Gasteiger partial charge on any atom is -0.391 e. The number of aliphatic hydroxyl groups is 1. The minimum absolute atomic E-state index is 0.0462. The maximum atomic E-state index is 12.2. The molecule has 1 aromatic heterocycles. The van der Waals surface area contributed by atoms with Crippen molar-refractivity contribution in [2.75, 3.05) is 11.9 Å². The smallest absolute Gasteiger partial charge is 0.391 e. The summed E-state index contributed by atoms with van der Waals surface area (Å²) in [6.07, 6.45) is -3.49. The van der Waals surface area contributed by atoms with Crippen molar-refractivity contribution in [1.29, 1.82) is 0 Å². The van der Waals surface area contributed by atoms with E-state index >= 15 is 0 Å². The quantitative estimate of drug-likeness (QED) is 0.854. The standard InChI is InChI=1S/C10H13BrF3N3O2/c1-2-6(18)3-15-7-4-16-17(5-10(12,13)14)9(19)8(7)11/h4,6,15,18H,2-3,5H2,1H3. The molecule has 1 rings (SSSR count). The van der Waals surface area contributed by atoms with Crippen molar-refractivity contribution in [1.82, 2.24) is 9.78 Å². The highest BCUT2D eigenvalue weighted by Crippen LogP contribution is 2.19. The Morgan fingerprint density at radius 2 is 2.21 bits per heavy atom. The van der Waals surface area contributed by atoms with Gasteiger partial charge in [0.2, 0.25) is 0 Å². The van der Waals surface area contributed by atoms with Crippen molar-refractivity contribution >= 4 is 21.6 Å². The van der Waals surface area contributed by atoms with Gasteiger partial charge in [0.05, 0.1) is 18.0 Å². The van der Waals surface area contributed by atoms with Gasteiger partial charge < -0.3 is 10.4 Å². The molecular weight excluding hydrogens is 331 g/mol. The zero-order valence-corrected chi connectivity index (χ0v) is 11.6. The summed E-state index contributed by atoms with van der Waals surface area (Å²) >= 11 is 2.93. The Morgan fingerprint density at radius 3 is 2.74 bits per heavy atom. The lowest BCUT2D eigenvalue weighted by Crippen LogP contribution is -2.31. The Morgan fingerprint density at radius 1 is 1.58 bits per heavy atom. The van der Waals surface area contributed by atoms with Crippen molar-refractivity contribution in [3.05, 3.63) is 21.0 Å². The maximum Gasteiger partial charge on any atom is 0.408 e. The van der Waals surface area contributed by atoms with E-state index in [0.717, 1.165) is 6.20 Å². The number of aromatic nitrogens is 2. The van der Waals surface area contributed by atoms with Crippen molar-refractivity contribution in [2.24, 2.45) is 0 Å². The minimum atomic E-state index is -4.51. The molecule has 1 unspecified atom stereocenters. The van der Waals surface area contributed by atoms with Gasteiger partial charge >= 0.3 is 6.18 Å². The first-order chi connectivity index (χ1) is 8.74. The Labute approximate surface area is 115 Å². The van der Waals surface area contributed by atoms with Gasteiger partial charge in [-0.15, -0.1) is 0 Å². The lowest BCUT2D eigenvalue weighted by molar-refractivity contribution is -0.143. The molecule has 0 aliphatic heterocycles. The summed E-state index contributed by atoms with van der Waals surface area (Å²) in [6, 6.07) is 0. The van der Waals surface area contributed by atoms with Crippen LogP contribution in [0.5, 0.6) is 0 Å². The molecule has 108 valence electrons. The molecule has 0 saturated heterocycles. The first-order valence-corrected chi connectivity index (χ1v) is 6.28. The summed E-state index contributed by atoms with van der Waals surface area (Å²) in [5.74, 6) is 0. The van der Waals surface area contributed by atoms with Crippen molar-refractivity contribution in [2.45, 2.75) is 32.2 Å². The monoisotopic (exact) mass is 343 g/mol. The van der Waals surface area contributed by atoms with Crippen molar-refractivity contribution < 1.29 is 18.3 Å². The first-order valence-electron chi connectivity index (χ1n) is 5.49. The van der Waals surface area contributed by atoms with Crippen LogP contribution in [0.1, 0.15) is 13.3 Å². The van der Waals surface area contributed by atoms with Gasteiger partial charge in [-0.25, -0.2) is 4.68 Å². The maximum absolute atomic E-state index is 12.2. The number of hydrogen-bond donors (Lipinski definition) is 2. The summed E-state index contributed by atoms with van der Waals surface area (Å²) < 4.78 is 36.8. The number of nitrogens with zero attached hydrogens (tertiary/aromatic N) is 2. The summed E-state index contributed by atoms with van der Waals surface area (Å²) in [5, 5.41) is 15.5. The molecule has 0 aliphatic rings. The molecule has 1 heterocycles. The van der Waals surface area contributed by atoms with Crippen LogP contribution in [0.2, 0.25) is 0 Å². The molecule has 1 atom stereocenters. The lowest BCUT2D eigenvalue weighted by atomic mass is 10.3. The summed E-state index contributed by atoms with van der Waals surface area (Å²) in [6.45, 7) is 0.517. The Bertz CT molecular complexity index is 490. The van der Waals surface area contributed by atoms with Gasteiger partial charge in [-0.1, -0.05) is 6.92 Å². The van der Waals surface area contributed by atoms with Gasteiger partial charge in [-0.2, -0.15) is 18.3 Å². The van der Waals surface area contributed by atoms with Gasteiger partial charge in [-0.05, 0) is 22.4 Å². The van der Waals surface area contributed by atoms with Crippen LogP contribution in [-0.2, 0) is 6.54 Å². The van der Waals surface area contributed by atoms with E-state index in [1.165, 1.54) is 0 Å². The second-order valence-corrected chi connectivity index (χ2v) is 4.69. The second kappa shape index (κ2) is 6.38. The number of aliphatic hydroxyl groups excluding tert-OH is 1. The van der Waals surface area contributed by atoms with Gasteiger partial charge in [0.25, 0.3) is 5.56 Å². The predicted octanol–water partition coefficient (Wildman–Crippen LogP) is 1.75. The fourth-order valence-electron chi connectivity index (χ4n) is 1.24. The molecule has 2 N–H and O–H groups in total. The molecule has 19 heavy (non-hydrogen) atoms. The second-order valence-electron chi connectivity index (χ2n) is 3.89. The average Bonchev–Trinajstić information content (AvgIpc) is 2.32. The zero-order chi connectivity index (χ0) is 14.6. The van der Waals surface area contributed by atoms with E-state index in [4.69, 9.17) is 0 Å². The van der Waals surface area contributed by atoms with Crippen LogP contribution in [0.3, 0.4) is 0 Å². The highest BCUT2D eigenvalue weighted by Gasteiger charge is 2.29. The van der Waals surface area contributed by atoms with Crippen LogP contribution < -0.4 is 10.9 Å². The predicted molar refractivity (Wildman–Crippen MR) is 67.0 cm³/mol. The molecule has 0 bridgehead atoms. The van der Waals surface area contributed by atoms with Crippen molar-refractivity contribution in [3.8, 4) is 0 Å². The molecule has 0 fully saturated rings. The van der Waals surface area contributed by atoms with Crippen LogP contribution in [0.4, 0.5) is 18.9 Å². The molecule has 5 nitrogen and oxygen atoms in total. The van der Waals surface area contributed by atoms with Gasteiger partial charge in [0.1, 0.15) is 11.0 Å². The van der Waals surface area contributed by atoms with Crippen LogP contribution in [0, 0.1) is 0 Å². The molecule has 1 aromatic rings. The average molecular weight is 344 g/mol. The fourth-order valence-corrected chi connectivity index (χ4v) is 1.69. The molecule has 0 spiro atoms. The highest BCUT2D eigenvalue weighted by atomic mass is 79.9. The number of alkyl halides is 3. The largest absolute Gasteiger partial charge is 0.408 e. The summed E-state index contributed by atoms with van der Waals surface area (Å²) in [7, 11) is 0. The van der Waals surface area contributed by atoms with E-state index in [9.17, 15) is 23.1 Å². The highest BCUT2D eigenvalue weighted by molar-refractivity contribution is 9.10. The third-order valence-corrected chi connectivity index (χ3v) is 3.08. The topological polar surface area (TPSA) is 67.2 Å². The van der Waals surface area contributed by atoms with E-state index in [-0.39, 0.29) is 16.7 Å². The molecule has 0 amide bonds. The Hall–Kier alpha value is -1.09. The van der Waals surface area contributed by atoms with Crippen LogP contribution in [0.25, 0.3) is 0 Å². The number of hydrogen-bond acceptors (Lipinski definition) is 4. The summed E-state index contributed by atoms with van der Waals surface area (Å²) in [4.78, 5) is 11.6. The Balaban J connectivity index is 2.89. The van der Waals surface area contributed by atoms with Gasteiger partial charge in [0, 0.05) is 6.54 Å². The third kappa shape index (κ3) is 4.83. The normalized spacial score (nSPS) is 13.4. The van der Waals surface area contributed by atoms with Crippen LogP contribution in [-0.4, -0.2) is 33.7 Å². The molecule has 0 aromatic carbocycles. The van der Waals surface area contributed by atoms with E-state index in [2.05, 4.69) is 26.3 Å². The SMILES string of the molecule is CCC(O)CNc1cnn(CC(F)(F)F)c(=O)c1Br. The third-order valence-electron chi connectivity index (χ3n) is 2.31. The van der Waals surface area contributed by atoms with Crippen molar-refractivity contribution in [3.63, 3.8) is 0 Å². The van der Waals surface area contributed by atoms with Crippen LogP contribution >= 0.6 is 15.9 Å². The first kappa shape index (κ1) is 16.0. The molecule has 9 heteroatoms. The van der Waals surface area contributed by atoms with Gasteiger partial charge in [0.15, 0.2) is 0 Å².